The molecule has 0 radical (unpaired) electrons. The third-order valence-corrected chi connectivity index (χ3v) is 3.71. The van der Waals surface area contributed by atoms with E-state index in [4.69, 9.17) is 5.73 Å². The van der Waals surface area contributed by atoms with Gasteiger partial charge in [-0.25, -0.2) is 0 Å². The van der Waals surface area contributed by atoms with Gasteiger partial charge in [-0.15, -0.1) is 12.4 Å². The summed E-state index contributed by atoms with van der Waals surface area (Å²) in [7, 11) is 0. The molecule has 1 heterocycles. The van der Waals surface area contributed by atoms with Crippen molar-refractivity contribution in [2.75, 3.05) is 13.1 Å². The van der Waals surface area contributed by atoms with Gasteiger partial charge in [0.2, 0.25) is 0 Å². The molecule has 1 saturated heterocycles. The van der Waals surface area contributed by atoms with Gasteiger partial charge in [0.05, 0.1) is 5.66 Å². The molecular formula is C11H23ClN2. The van der Waals surface area contributed by atoms with Crippen molar-refractivity contribution >= 4 is 12.4 Å². The first-order chi connectivity index (χ1) is 6.31. The molecule has 0 unspecified atom stereocenters. The minimum absolute atomic E-state index is 0. The van der Waals surface area contributed by atoms with Crippen molar-refractivity contribution in [2.45, 2.75) is 57.0 Å². The summed E-state index contributed by atoms with van der Waals surface area (Å²) in [6.45, 7) is 2.49. The first-order valence-corrected chi connectivity index (χ1v) is 5.85. The van der Waals surface area contributed by atoms with E-state index in [-0.39, 0.29) is 18.1 Å². The Morgan fingerprint density at radius 1 is 0.786 bits per heavy atom. The largest absolute Gasteiger partial charge is 0.313 e. The molecule has 3 heteroatoms. The van der Waals surface area contributed by atoms with Gasteiger partial charge in [0.1, 0.15) is 0 Å². The molecule has 2 N–H and O–H groups in total. The van der Waals surface area contributed by atoms with E-state index in [0.717, 1.165) is 0 Å². The lowest BCUT2D eigenvalue weighted by Gasteiger charge is -2.45. The molecule has 0 bridgehead atoms. The van der Waals surface area contributed by atoms with Crippen molar-refractivity contribution in [3.63, 3.8) is 0 Å². The van der Waals surface area contributed by atoms with E-state index in [2.05, 4.69) is 4.90 Å². The highest BCUT2D eigenvalue weighted by molar-refractivity contribution is 5.85. The molecule has 14 heavy (non-hydrogen) atoms. The zero-order valence-electron chi connectivity index (χ0n) is 9.00. The molecule has 2 fully saturated rings. The summed E-state index contributed by atoms with van der Waals surface area (Å²) < 4.78 is 0. The third-order valence-electron chi connectivity index (χ3n) is 3.71. The molecule has 0 spiro atoms. The molecule has 0 amide bonds. The van der Waals surface area contributed by atoms with Crippen molar-refractivity contribution in [1.29, 1.82) is 0 Å². The fraction of sp³-hybridized carbons (Fsp3) is 1.00. The van der Waals surface area contributed by atoms with Crippen LogP contribution in [0.3, 0.4) is 0 Å². The molecule has 1 aliphatic carbocycles. The zero-order chi connectivity index (χ0) is 9.15. The van der Waals surface area contributed by atoms with Crippen molar-refractivity contribution in [3.05, 3.63) is 0 Å². The Bertz CT molecular complexity index is 161. The maximum atomic E-state index is 6.46. The van der Waals surface area contributed by atoms with Gasteiger partial charge in [0.25, 0.3) is 0 Å². The van der Waals surface area contributed by atoms with Crippen molar-refractivity contribution < 1.29 is 0 Å². The first-order valence-electron chi connectivity index (χ1n) is 5.85. The molecule has 0 aromatic heterocycles. The Kier molecular flexibility index (Phi) is 4.68. The van der Waals surface area contributed by atoms with Gasteiger partial charge >= 0.3 is 0 Å². The number of piperidine rings is 1. The van der Waals surface area contributed by atoms with Crippen LogP contribution in [0.2, 0.25) is 0 Å². The second kappa shape index (κ2) is 5.34. The fourth-order valence-electron chi connectivity index (χ4n) is 2.82. The van der Waals surface area contributed by atoms with Crippen molar-refractivity contribution in [3.8, 4) is 0 Å². The lowest BCUT2D eigenvalue weighted by Crippen LogP contribution is -2.58. The standard InChI is InChI=1S/C11H22N2.ClH/c12-11(7-3-1-4-8-11)13-9-5-2-6-10-13;/h1-10,12H2;1H. The van der Waals surface area contributed by atoms with E-state index in [1.807, 2.05) is 0 Å². The van der Waals surface area contributed by atoms with Gasteiger partial charge in [-0.3, -0.25) is 4.90 Å². The predicted octanol–water partition coefficient (Wildman–Crippen LogP) is 2.51. The van der Waals surface area contributed by atoms with E-state index >= 15 is 0 Å². The maximum absolute atomic E-state index is 6.46. The molecule has 0 aromatic rings. The topological polar surface area (TPSA) is 29.3 Å². The molecular weight excluding hydrogens is 196 g/mol. The lowest BCUT2D eigenvalue weighted by atomic mass is 9.87. The number of halogens is 1. The quantitative estimate of drug-likeness (QED) is 0.733. The van der Waals surface area contributed by atoms with Crippen LogP contribution in [0.4, 0.5) is 0 Å². The van der Waals surface area contributed by atoms with Crippen molar-refractivity contribution in [1.82, 2.24) is 4.90 Å². The Morgan fingerprint density at radius 2 is 1.29 bits per heavy atom. The van der Waals surface area contributed by atoms with E-state index in [9.17, 15) is 0 Å². The van der Waals surface area contributed by atoms with Crippen molar-refractivity contribution in [2.24, 2.45) is 5.73 Å². The minimum atomic E-state index is 0. The maximum Gasteiger partial charge on any atom is 0.0687 e. The third kappa shape index (κ3) is 2.62. The second-order valence-corrected chi connectivity index (χ2v) is 4.71. The number of nitrogens with zero attached hydrogens (tertiary/aromatic N) is 1. The predicted molar refractivity (Wildman–Crippen MR) is 62.7 cm³/mol. The van der Waals surface area contributed by atoms with E-state index in [1.165, 1.54) is 64.5 Å². The Labute approximate surface area is 93.6 Å². The number of likely N-dealkylation sites (tertiary alicyclic amines) is 1. The summed E-state index contributed by atoms with van der Waals surface area (Å²) in [5.74, 6) is 0. The summed E-state index contributed by atoms with van der Waals surface area (Å²) >= 11 is 0. The summed E-state index contributed by atoms with van der Waals surface area (Å²) in [6.07, 6.45) is 10.7. The number of hydrogen-bond acceptors (Lipinski definition) is 2. The van der Waals surface area contributed by atoms with Crippen LogP contribution in [0.5, 0.6) is 0 Å². The molecule has 2 aliphatic rings. The summed E-state index contributed by atoms with van der Waals surface area (Å²) in [5, 5.41) is 0. The summed E-state index contributed by atoms with van der Waals surface area (Å²) in [5.41, 5.74) is 6.54. The minimum Gasteiger partial charge on any atom is -0.313 e. The van der Waals surface area contributed by atoms with Crippen LogP contribution < -0.4 is 5.73 Å². The van der Waals surface area contributed by atoms with E-state index < -0.39 is 0 Å². The fourth-order valence-corrected chi connectivity index (χ4v) is 2.82. The van der Waals surface area contributed by atoms with Crippen LogP contribution in [-0.4, -0.2) is 23.7 Å². The van der Waals surface area contributed by atoms with Crippen LogP contribution in [0.25, 0.3) is 0 Å². The Morgan fingerprint density at radius 3 is 1.86 bits per heavy atom. The van der Waals surface area contributed by atoms with E-state index in [0.29, 0.717) is 0 Å². The van der Waals surface area contributed by atoms with Crippen LogP contribution in [0.15, 0.2) is 0 Å². The van der Waals surface area contributed by atoms with Crippen LogP contribution in [0, 0.1) is 0 Å². The van der Waals surface area contributed by atoms with Gasteiger partial charge < -0.3 is 5.73 Å². The van der Waals surface area contributed by atoms with Gasteiger partial charge in [0.15, 0.2) is 0 Å². The molecule has 2 nitrogen and oxygen atoms in total. The van der Waals surface area contributed by atoms with Gasteiger partial charge in [-0.05, 0) is 38.8 Å². The van der Waals surface area contributed by atoms with E-state index in [1.54, 1.807) is 0 Å². The molecule has 84 valence electrons. The molecule has 1 aliphatic heterocycles. The van der Waals surface area contributed by atoms with Crippen LogP contribution in [-0.2, 0) is 0 Å². The van der Waals surface area contributed by atoms with Crippen LogP contribution >= 0.6 is 12.4 Å². The summed E-state index contributed by atoms with van der Waals surface area (Å²) in [4.78, 5) is 2.55. The number of nitrogens with two attached hydrogens (primary N) is 1. The molecule has 1 saturated carbocycles. The zero-order valence-corrected chi connectivity index (χ0v) is 9.82. The normalized spacial score (nSPS) is 28.1. The Hall–Kier alpha value is 0.210. The monoisotopic (exact) mass is 218 g/mol. The first kappa shape index (κ1) is 12.3. The SMILES string of the molecule is Cl.NC1(N2CCCCC2)CCCCC1. The smallest absolute Gasteiger partial charge is 0.0687 e. The van der Waals surface area contributed by atoms with Gasteiger partial charge in [-0.1, -0.05) is 25.7 Å². The lowest BCUT2D eigenvalue weighted by molar-refractivity contribution is 0.0386. The Balaban J connectivity index is 0.000000980. The van der Waals surface area contributed by atoms with Gasteiger partial charge in [-0.2, -0.15) is 0 Å². The van der Waals surface area contributed by atoms with Crippen LogP contribution in [0.1, 0.15) is 51.4 Å². The average Bonchev–Trinajstić information content (AvgIpc) is 2.20. The highest BCUT2D eigenvalue weighted by atomic mass is 35.5. The number of hydrogen-bond donors (Lipinski definition) is 1. The summed E-state index contributed by atoms with van der Waals surface area (Å²) in [6, 6.07) is 0. The molecule has 2 rings (SSSR count). The molecule has 0 aromatic carbocycles. The highest BCUT2D eigenvalue weighted by Gasteiger charge is 2.34. The number of rotatable bonds is 1. The highest BCUT2D eigenvalue weighted by Crippen LogP contribution is 2.30. The second-order valence-electron chi connectivity index (χ2n) is 4.71. The van der Waals surface area contributed by atoms with Gasteiger partial charge in [0, 0.05) is 0 Å². The average molecular weight is 219 g/mol. The molecule has 0 atom stereocenters.